The van der Waals surface area contributed by atoms with Crippen LogP contribution in [0.5, 0.6) is 23.0 Å². The molecule has 0 aliphatic carbocycles. The second-order valence-corrected chi connectivity index (χ2v) is 6.70. The number of amides is 1. The van der Waals surface area contributed by atoms with E-state index in [2.05, 4.69) is 5.32 Å². The molecule has 7 heteroatoms. The first kappa shape index (κ1) is 20.6. The Bertz CT molecular complexity index is 968. The third-order valence-electron chi connectivity index (χ3n) is 4.40. The van der Waals surface area contributed by atoms with Gasteiger partial charge in [0.15, 0.2) is 11.5 Å². The Kier molecular flexibility index (Phi) is 6.67. The molecule has 1 aliphatic heterocycles. The van der Waals surface area contributed by atoms with Gasteiger partial charge in [-0.3, -0.25) is 4.79 Å². The summed E-state index contributed by atoms with van der Waals surface area (Å²) >= 11 is 6.02. The van der Waals surface area contributed by atoms with Crippen LogP contribution in [-0.4, -0.2) is 33.8 Å². The maximum atomic E-state index is 12.3. The van der Waals surface area contributed by atoms with E-state index in [1.807, 2.05) is 18.2 Å². The summed E-state index contributed by atoms with van der Waals surface area (Å²) in [6.45, 7) is 0.669. The van der Waals surface area contributed by atoms with Crippen molar-refractivity contribution in [3.63, 3.8) is 0 Å². The molecule has 29 heavy (non-hydrogen) atoms. The smallest absolute Gasteiger partial charge is 0.244 e. The quantitative estimate of drug-likeness (QED) is 0.692. The summed E-state index contributed by atoms with van der Waals surface area (Å²) in [7, 11) is 4.67. The molecular weight excluding hydrogens is 394 g/mol. The molecule has 3 rings (SSSR count). The average Bonchev–Trinajstić information content (AvgIpc) is 2.75. The molecule has 6 nitrogen and oxygen atoms in total. The number of nitrogens with one attached hydrogen (secondary N) is 1. The lowest BCUT2D eigenvalue weighted by atomic mass is 10.1. The number of benzene rings is 2. The van der Waals surface area contributed by atoms with Crippen LogP contribution < -0.4 is 24.3 Å². The number of rotatable bonds is 7. The summed E-state index contributed by atoms with van der Waals surface area (Å²) in [5, 5.41) is 3.47. The van der Waals surface area contributed by atoms with Crippen molar-refractivity contribution in [3.05, 3.63) is 64.2 Å². The SMILES string of the molecule is COc1cc(OC)c(OC)cc1CNC(=O)/C=C/C1=Cc2cc(Cl)ccc2OC1. The number of methoxy groups -OCH3 is 3. The summed E-state index contributed by atoms with van der Waals surface area (Å²) in [6, 6.07) is 8.94. The summed E-state index contributed by atoms with van der Waals surface area (Å²) in [5.41, 5.74) is 2.54. The minimum absolute atomic E-state index is 0.236. The average molecular weight is 416 g/mol. The molecule has 0 bridgehead atoms. The van der Waals surface area contributed by atoms with Gasteiger partial charge in [-0.15, -0.1) is 0 Å². The number of hydrogen-bond acceptors (Lipinski definition) is 5. The van der Waals surface area contributed by atoms with Crippen LogP contribution in [0.2, 0.25) is 5.02 Å². The van der Waals surface area contributed by atoms with Gasteiger partial charge in [0.05, 0.1) is 21.3 Å². The maximum Gasteiger partial charge on any atom is 0.244 e. The first-order chi connectivity index (χ1) is 14.0. The van der Waals surface area contributed by atoms with Crippen molar-refractivity contribution in [3.8, 4) is 23.0 Å². The van der Waals surface area contributed by atoms with E-state index < -0.39 is 0 Å². The predicted molar refractivity (Wildman–Crippen MR) is 112 cm³/mol. The van der Waals surface area contributed by atoms with Crippen molar-refractivity contribution in [1.29, 1.82) is 0 Å². The second-order valence-electron chi connectivity index (χ2n) is 6.26. The molecule has 0 saturated carbocycles. The molecular formula is C22H22ClNO5. The standard InChI is InChI=1S/C22H22ClNO5/c1-26-19-11-21(28-3)20(27-2)10-16(19)12-24-22(25)7-4-14-8-15-9-17(23)5-6-18(15)29-13-14/h4-11H,12-13H2,1-3H3,(H,24,25)/b7-4+. The Labute approximate surface area is 174 Å². The molecule has 0 aromatic heterocycles. The van der Waals surface area contributed by atoms with Gasteiger partial charge in [-0.25, -0.2) is 0 Å². The fraction of sp³-hybridized carbons (Fsp3) is 0.227. The van der Waals surface area contributed by atoms with Crippen LogP contribution in [0.15, 0.2) is 48.1 Å². The van der Waals surface area contributed by atoms with Gasteiger partial charge in [0, 0.05) is 34.8 Å². The molecule has 0 radical (unpaired) electrons. The summed E-state index contributed by atoms with van der Waals surface area (Å²) in [4.78, 5) is 12.3. The van der Waals surface area contributed by atoms with Crippen LogP contribution in [0.25, 0.3) is 6.08 Å². The summed E-state index contributed by atoms with van der Waals surface area (Å²) in [5.74, 6) is 2.26. The lowest BCUT2D eigenvalue weighted by Crippen LogP contribution is -2.21. The van der Waals surface area contributed by atoms with E-state index in [1.165, 1.54) is 6.08 Å². The van der Waals surface area contributed by atoms with Crippen molar-refractivity contribution < 1.29 is 23.7 Å². The fourth-order valence-electron chi connectivity index (χ4n) is 2.92. The Morgan fingerprint density at radius 2 is 1.83 bits per heavy atom. The van der Waals surface area contributed by atoms with Crippen LogP contribution in [0.3, 0.4) is 0 Å². The van der Waals surface area contributed by atoms with Crippen LogP contribution in [0, 0.1) is 0 Å². The van der Waals surface area contributed by atoms with Gasteiger partial charge in [0.2, 0.25) is 5.91 Å². The van der Waals surface area contributed by atoms with Crippen LogP contribution >= 0.6 is 11.6 Å². The third kappa shape index (κ3) is 5.03. The lowest BCUT2D eigenvalue weighted by Gasteiger charge is -2.16. The van der Waals surface area contributed by atoms with Crippen LogP contribution in [-0.2, 0) is 11.3 Å². The molecule has 0 fully saturated rings. The van der Waals surface area contributed by atoms with E-state index in [4.69, 9.17) is 30.5 Å². The van der Waals surface area contributed by atoms with Gasteiger partial charge >= 0.3 is 0 Å². The molecule has 1 amide bonds. The monoisotopic (exact) mass is 415 g/mol. The molecule has 0 saturated heterocycles. The minimum atomic E-state index is -0.236. The molecule has 2 aromatic rings. The number of hydrogen-bond donors (Lipinski definition) is 1. The highest BCUT2D eigenvalue weighted by molar-refractivity contribution is 6.30. The van der Waals surface area contributed by atoms with Gasteiger partial charge in [0.1, 0.15) is 18.1 Å². The van der Waals surface area contributed by atoms with E-state index in [0.717, 1.165) is 22.4 Å². The fourth-order valence-corrected chi connectivity index (χ4v) is 3.10. The van der Waals surface area contributed by atoms with Crippen LogP contribution in [0.1, 0.15) is 11.1 Å². The van der Waals surface area contributed by atoms with Crippen molar-refractivity contribution in [2.75, 3.05) is 27.9 Å². The summed E-state index contributed by atoms with van der Waals surface area (Å²) in [6.07, 6.45) is 5.15. The first-order valence-corrected chi connectivity index (χ1v) is 9.29. The van der Waals surface area contributed by atoms with Gasteiger partial charge in [-0.1, -0.05) is 17.7 Å². The number of carbonyl (C=O) groups is 1. The molecule has 1 aliphatic rings. The van der Waals surface area contributed by atoms with Gasteiger partial charge in [-0.05, 0) is 35.9 Å². The molecule has 152 valence electrons. The Morgan fingerprint density at radius 1 is 1.10 bits per heavy atom. The van der Waals surface area contributed by atoms with Crippen molar-refractivity contribution in [2.45, 2.75) is 6.54 Å². The van der Waals surface area contributed by atoms with E-state index in [9.17, 15) is 4.79 Å². The van der Waals surface area contributed by atoms with E-state index in [1.54, 1.807) is 45.6 Å². The number of halogens is 1. The number of ether oxygens (including phenoxy) is 4. The molecule has 1 heterocycles. The zero-order chi connectivity index (χ0) is 20.8. The van der Waals surface area contributed by atoms with E-state index in [-0.39, 0.29) is 12.5 Å². The molecule has 0 unspecified atom stereocenters. The number of fused-ring (bicyclic) bond motifs is 1. The van der Waals surface area contributed by atoms with Gasteiger partial charge in [0.25, 0.3) is 0 Å². The van der Waals surface area contributed by atoms with Crippen molar-refractivity contribution in [1.82, 2.24) is 5.32 Å². The number of carbonyl (C=O) groups excluding carboxylic acids is 1. The van der Waals surface area contributed by atoms with E-state index >= 15 is 0 Å². The highest BCUT2D eigenvalue weighted by Crippen LogP contribution is 2.34. The maximum absolute atomic E-state index is 12.3. The highest BCUT2D eigenvalue weighted by atomic mass is 35.5. The first-order valence-electron chi connectivity index (χ1n) is 8.91. The Balaban J connectivity index is 1.66. The normalized spacial score (nSPS) is 12.6. The molecule has 0 atom stereocenters. The Hall–Kier alpha value is -3.12. The van der Waals surface area contributed by atoms with Crippen LogP contribution in [0.4, 0.5) is 0 Å². The van der Waals surface area contributed by atoms with E-state index in [0.29, 0.717) is 28.9 Å². The molecule has 2 aromatic carbocycles. The highest BCUT2D eigenvalue weighted by Gasteiger charge is 2.13. The van der Waals surface area contributed by atoms with Crippen molar-refractivity contribution in [2.24, 2.45) is 0 Å². The molecule has 0 spiro atoms. The third-order valence-corrected chi connectivity index (χ3v) is 4.63. The van der Waals surface area contributed by atoms with Gasteiger partial charge < -0.3 is 24.3 Å². The van der Waals surface area contributed by atoms with Crippen molar-refractivity contribution >= 4 is 23.6 Å². The zero-order valence-electron chi connectivity index (χ0n) is 16.5. The Morgan fingerprint density at radius 3 is 2.55 bits per heavy atom. The largest absolute Gasteiger partial charge is 0.496 e. The lowest BCUT2D eigenvalue weighted by molar-refractivity contribution is -0.116. The predicted octanol–water partition coefficient (Wildman–Crippen LogP) is 4.01. The minimum Gasteiger partial charge on any atom is -0.496 e. The summed E-state index contributed by atoms with van der Waals surface area (Å²) < 4.78 is 21.6. The second kappa shape index (κ2) is 9.39. The topological polar surface area (TPSA) is 66.0 Å². The molecule has 1 N–H and O–H groups in total. The van der Waals surface area contributed by atoms with Gasteiger partial charge in [-0.2, -0.15) is 0 Å². The zero-order valence-corrected chi connectivity index (χ0v) is 17.2.